The van der Waals surface area contributed by atoms with Crippen LogP contribution >= 0.6 is 31.9 Å². The third kappa shape index (κ3) is 2.32. The van der Waals surface area contributed by atoms with Crippen LogP contribution in [0.5, 0.6) is 0 Å². The fourth-order valence-electron chi connectivity index (χ4n) is 1.43. The zero-order valence-electron chi connectivity index (χ0n) is 8.24. The number of nitrogens with zero attached hydrogens (tertiary/aromatic N) is 2. The van der Waals surface area contributed by atoms with Gasteiger partial charge in [-0.25, -0.2) is 4.68 Å². The molecule has 0 bridgehead atoms. The van der Waals surface area contributed by atoms with Crippen molar-refractivity contribution in [1.82, 2.24) is 9.78 Å². The van der Waals surface area contributed by atoms with Crippen LogP contribution < -0.4 is 0 Å². The molecule has 0 amide bonds. The number of aryl methyl sites for hydroxylation is 1. The molecule has 0 N–H and O–H groups in total. The Kier molecular flexibility index (Phi) is 3.26. The Morgan fingerprint density at radius 2 is 2.20 bits per heavy atom. The van der Waals surface area contributed by atoms with Gasteiger partial charge in [-0.1, -0.05) is 31.9 Å². The first-order chi connectivity index (χ1) is 7.20. The van der Waals surface area contributed by atoms with E-state index in [9.17, 15) is 0 Å². The molecule has 2 nitrogen and oxygen atoms in total. The van der Waals surface area contributed by atoms with Gasteiger partial charge in [0.2, 0.25) is 0 Å². The van der Waals surface area contributed by atoms with Gasteiger partial charge in [0.1, 0.15) is 0 Å². The summed E-state index contributed by atoms with van der Waals surface area (Å²) in [7, 11) is 0. The maximum Gasteiger partial charge on any atom is 0.0686 e. The second-order valence-corrected chi connectivity index (χ2v) is 4.85. The third-order valence-electron chi connectivity index (χ3n) is 2.14. The molecule has 2 aromatic rings. The monoisotopic (exact) mass is 328 g/mol. The second kappa shape index (κ2) is 4.49. The van der Waals surface area contributed by atoms with Crippen molar-refractivity contribution in [2.75, 3.05) is 0 Å². The number of aromatic nitrogens is 2. The van der Waals surface area contributed by atoms with Crippen LogP contribution in [0.1, 0.15) is 11.1 Å². The van der Waals surface area contributed by atoms with Crippen molar-refractivity contribution < 1.29 is 0 Å². The van der Waals surface area contributed by atoms with E-state index in [0.29, 0.717) is 0 Å². The molecule has 0 aliphatic rings. The summed E-state index contributed by atoms with van der Waals surface area (Å²) in [4.78, 5) is 0. The summed E-state index contributed by atoms with van der Waals surface area (Å²) in [5, 5.41) is 5.12. The maximum absolute atomic E-state index is 4.30. The van der Waals surface area contributed by atoms with E-state index in [1.54, 1.807) is 0 Å². The number of hydrogen-bond donors (Lipinski definition) is 0. The van der Waals surface area contributed by atoms with Crippen LogP contribution in [0, 0.1) is 6.92 Å². The SMILES string of the molecule is Cc1cnn(-c2ccc(Br)cc2CBr)c1. The van der Waals surface area contributed by atoms with Crippen molar-refractivity contribution in [3.05, 3.63) is 46.2 Å². The van der Waals surface area contributed by atoms with Crippen molar-refractivity contribution in [2.45, 2.75) is 12.3 Å². The summed E-state index contributed by atoms with van der Waals surface area (Å²) in [5.41, 5.74) is 3.49. The lowest BCUT2D eigenvalue weighted by Crippen LogP contribution is -1.98. The number of halogens is 2. The summed E-state index contributed by atoms with van der Waals surface area (Å²) in [6, 6.07) is 6.19. The second-order valence-electron chi connectivity index (χ2n) is 3.37. The summed E-state index contributed by atoms with van der Waals surface area (Å²) >= 11 is 6.95. The van der Waals surface area contributed by atoms with Gasteiger partial charge in [-0.3, -0.25) is 0 Å². The smallest absolute Gasteiger partial charge is 0.0686 e. The molecular weight excluding hydrogens is 320 g/mol. The molecular formula is C11H10Br2N2. The topological polar surface area (TPSA) is 17.8 Å². The minimum absolute atomic E-state index is 0.820. The van der Waals surface area contributed by atoms with E-state index in [1.165, 1.54) is 11.1 Å². The summed E-state index contributed by atoms with van der Waals surface area (Å²) in [6.45, 7) is 2.04. The molecule has 78 valence electrons. The lowest BCUT2D eigenvalue weighted by Gasteiger charge is -2.07. The third-order valence-corrected chi connectivity index (χ3v) is 3.24. The molecule has 0 saturated heterocycles. The molecule has 1 aromatic carbocycles. The highest BCUT2D eigenvalue weighted by Crippen LogP contribution is 2.22. The fourth-order valence-corrected chi connectivity index (χ4v) is 2.29. The molecule has 15 heavy (non-hydrogen) atoms. The normalized spacial score (nSPS) is 10.6. The minimum Gasteiger partial charge on any atom is -0.240 e. The number of benzene rings is 1. The quantitative estimate of drug-likeness (QED) is 0.765. The van der Waals surface area contributed by atoms with Gasteiger partial charge in [0, 0.05) is 16.0 Å². The van der Waals surface area contributed by atoms with Crippen molar-refractivity contribution >= 4 is 31.9 Å². The zero-order chi connectivity index (χ0) is 10.8. The fraction of sp³-hybridized carbons (Fsp3) is 0.182. The predicted octanol–water partition coefficient (Wildman–Crippen LogP) is 3.84. The van der Waals surface area contributed by atoms with Crippen molar-refractivity contribution in [3.8, 4) is 5.69 Å². The Morgan fingerprint density at radius 3 is 2.80 bits per heavy atom. The molecule has 1 heterocycles. The predicted molar refractivity (Wildman–Crippen MR) is 68.6 cm³/mol. The molecule has 0 radical (unpaired) electrons. The highest BCUT2D eigenvalue weighted by atomic mass is 79.9. The Bertz CT molecular complexity index is 477. The lowest BCUT2D eigenvalue weighted by atomic mass is 10.2. The van der Waals surface area contributed by atoms with E-state index in [0.717, 1.165) is 15.5 Å². The van der Waals surface area contributed by atoms with Gasteiger partial charge >= 0.3 is 0 Å². The number of alkyl halides is 1. The average molecular weight is 330 g/mol. The molecule has 0 aliphatic carbocycles. The van der Waals surface area contributed by atoms with Crippen LogP contribution in [-0.2, 0) is 5.33 Å². The van der Waals surface area contributed by atoms with E-state index in [1.807, 2.05) is 30.1 Å². The maximum atomic E-state index is 4.30. The van der Waals surface area contributed by atoms with E-state index in [2.05, 4.69) is 49.1 Å². The van der Waals surface area contributed by atoms with Gasteiger partial charge < -0.3 is 0 Å². The van der Waals surface area contributed by atoms with E-state index in [4.69, 9.17) is 0 Å². The average Bonchev–Trinajstić information content (AvgIpc) is 2.64. The zero-order valence-corrected chi connectivity index (χ0v) is 11.4. The van der Waals surface area contributed by atoms with Gasteiger partial charge in [-0.2, -0.15) is 5.10 Å². The van der Waals surface area contributed by atoms with Gasteiger partial charge in [0.25, 0.3) is 0 Å². The molecule has 0 spiro atoms. The van der Waals surface area contributed by atoms with Gasteiger partial charge in [-0.05, 0) is 36.2 Å². The van der Waals surface area contributed by atoms with Crippen LogP contribution in [0.2, 0.25) is 0 Å². The first-order valence-corrected chi connectivity index (χ1v) is 6.48. The molecule has 0 unspecified atom stereocenters. The first-order valence-electron chi connectivity index (χ1n) is 4.57. The first kappa shape index (κ1) is 10.9. The van der Waals surface area contributed by atoms with Crippen molar-refractivity contribution in [1.29, 1.82) is 0 Å². The largest absolute Gasteiger partial charge is 0.240 e. The van der Waals surface area contributed by atoms with Crippen LogP contribution in [0.25, 0.3) is 5.69 Å². The Morgan fingerprint density at radius 1 is 1.40 bits per heavy atom. The van der Waals surface area contributed by atoms with Crippen LogP contribution in [0.15, 0.2) is 35.1 Å². The Balaban J connectivity index is 2.52. The standard InChI is InChI=1S/C11H10Br2N2/c1-8-6-14-15(7-8)11-3-2-10(13)4-9(11)5-12/h2-4,6-7H,5H2,1H3. The Hall–Kier alpha value is -0.610. The van der Waals surface area contributed by atoms with E-state index in [-0.39, 0.29) is 0 Å². The van der Waals surface area contributed by atoms with E-state index < -0.39 is 0 Å². The lowest BCUT2D eigenvalue weighted by molar-refractivity contribution is 0.871. The summed E-state index contributed by atoms with van der Waals surface area (Å²) < 4.78 is 2.99. The molecule has 0 fully saturated rings. The summed E-state index contributed by atoms with van der Waals surface area (Å²) in [5.74, 6) is 0. The van der Waals surface area contributed by atoms with Crippen LogP contribution in [0.4, 0.5) is 0 Å². The molecule has 1 aromatic heterocycles. The number of rotatable bonds is 2. The van der Waals surface area contributed by atoms with Crippen LogP contribution in [0.3, 0.4) is 0 Å². The van der Waals surface area contributed by atoms with Gasteiger partial charge in [0.05, 0.1) is 11.9 Å². The summed E-state index contributed by atoms with van der Waals surface area (Å²) in [6.07, 6.45) is 3.88. The van der Waals surface area contributed by atoms with Crippen molar-refractivity contribution in [3.63, 3.8) is 0 Å². The Labute approximate surface area is 106 Å². The van der Waals surface area contributed by atoms with Gasteiger partial charge in [0.15, 0.2) is 0 Å². The number of hydrogen-bond acceptors (Lipinski definition) is 1. The molecule has 2 rings (SSSR count). The van der Waals surface area contributed by atoms with E-state index >= 15 is 0 Å². The van der Waals surface area contributed by atoms with Crippen molar-refractivity contribution in [2.24, 2.45) is 0 Å². The molecule has 0 atom stereocenters. The highest BCUT2D eigenvalue weighted by molar-refractivity contribution is 9.10. The molecule has 0 aliphatic heterocycles. The highest BCUT2D eigenvalue weighted by Gasteiger charge is 2.05. The molecule has 0 saturated carbocycles. The minimum atomic E-state index is 0.820. The van der Waals surface area contributed by atoms with Crippen LogP contribution in [-0.4, -0.2) is 9.78 Å². The van der Waals surface area contributed by atoms with Gasteiger partial charge in [-0.15, -0.1) is 0 Å². The molecule has 4 heteroatoms.